The maximum absolute atomic E-state index is 12.3. The van der Waals surface area contributed by atoms with Gasteiger partial charge in [0.25, 0.3) is 0 Å². The molecule has 0 fully saturated rings. The highest BCUT2D eigenvalue weighted by Gasteiger charge is 2.15. The van der Waals surface area contributed by atoms with Crippen LogP contribution in [0, 0.1) is 11.5 Å². The molecular formula is C21H18O2Si. The lowest BCUT2D eigenvalue weighted by atomic mass is 9.92. The highest BCUT2D eigenvalue weighted by molar-refractivity contribution is 6.83. The van der Waals surface area contributed by atoms with E-state index in [0.29, 0.717) is 11.8 Å². The van der Waals surface area contributed by atoms with Crippen LogP contribution < -0.4 is 0 Å². The van der Waals surface area contributed by atoms with Crippen molar-refractivity contribution in [1.82, 2.24) is 0 Å². The summed E-state index contributed by atoms with van der Waals surface area (Å²) in [4.78, 5) is 23.4. The average molecular weight is 330 g/mol. The van der Waals surface area contributed by atoms with Crippen molar-refractivity contribution in [2.45, 2.75) is 19.6 Å². The number of benzene rings is 3. The zero-order chi connectivity index (χ0) is 17.3. The fourth-order valence-corrected chi connectivity index (χ4v) is 3.29. The second kappa shape index (κ2) is 6.07. The zero-order valence-electron chi connectivity index (χ0n) is 14.0. The minimum absolute atomic E-state index is 0.391. The third kappa shape index (κ3) is 3.01. The monoisotopic (exact) mass is 330 g/mol. The van der Waals surface area contributed by atoms with Gasteiger partial charge in [0.2, 0.25) is 5.78 Å². The molecule has 0 heterocycles. The third-order valence-corrected chi connectivity index (χ3v) is 4.71. The zero-order valence-corrected chi connectivity index (χ0v) is 15.0. The highest BCUT2D eigenvalue weighted by atomic mass is 28.3. The Morgan fingerprint density at radius 1 is 0.958 bits per heavy atom. The molecule has 24 heavy (non-hydrogen) atoms. The van der Waals surface area contributed by atoms with Gasteiger partial charge in [-0.25, -0.2) is 0 Å². The van der Waals surface area contributed by atoms with E-state index in [4.69, 9.17) is 0 Å². The van der Waals surface area contributed by atoms with E-state index in [9.17, 15) is 9.59 Å². The summed E-state index contributed by atoms with van der Waals surface area (Å²) in [5.41, 5.74) is 4.75. The van der Waals surface area contributed by atoms with Gasteiger partial charge in [-0.1, -0.05) is 62.0 Å². The van der Waals surface area contributed by atoms with Crippen LogP contribution in [-0.4, -0.2) is 20.1 Å². The number of hydrogen-bond acceptors (Lipinski definition) is 2. The largest absolute Gasteiger partial charge is 0.294 e. The van der Waals surface area contributed by atoms with Crippen LogP contribution in [0.2, 0.25) is 19.6 Å². The fourth-order valence-electron chi connectivity index (χ4n) is 2.78. The van der Waals surface area contributed by atoms with Gasteiger partial charge in [0.15, 0.2) is 6.29 Å². The van der Waals surface area contributed by atoms with Crippen molar-refractivity contribution < 1.29 is 9.59 Å². The Labute approximate surface area is 142 Å². The number of carbonyl (C=O) groups excluding carboxylic acids is 2. The first-order chi connectivity index (χ1) is 11.4. The van der Waals surface area contributed by atoms with Crippen LogP contribution in [0.5, 0.6) is 0 Å². The molecule has 0 saturated carbocycles. The first-order valence-corrected chi connectivity index (χ1v) is 11.4. The third-order valence-electron chi connectivity index (χ3n) is 3.83. The highest BCUT2D eigenvalue weighted by Crippen LogP contribution is 2.30. The Hall–Kier alpha value is -2.70. The minimum atomic E-state index is -1.51. The maximum atomic E-state index is 12.3. The van der Waals surface area contributed by atoms with Gasteiger partial charge in [-0.2, -0.15) is 0 Å². The predicted octanol–water partition coefficient (Wildman–Crippen LogP) is 4.60. The molecule has 0 bridgehead atoms. The molecule has 0 unspecified atom stereocenters. The maximum Gasteiger partial charge on any atom is 0.226 e. The van der Waals surface area contributed by atoms with E-state index in [1.165, 1.54) is 0 Å². The van der Waals surface area contributed by atoms with Crippen molar-refractivity contribution in [3.63, 3.8) is 0 Å². The second-order valence-corrected chi connectivity index (χ2v) is 11.6. The topological polar surface area (TPSA) is 34.1 Å². The molecule has 0 aliphatic carbocycles. The molecule has 0 aliphatic rings. The van der Waals surface area contributed by atoms with Crippen molar-refractivity contribution >= 4 is 41.7 Å². The summed E-state index contributed by atoms with van der Waals surface area (Å²) in [6, 6.07) is 15.5. The molecule has 0 atom stereocenters. The van der Waals surface area contributed by atoms with Crippen LogP contribution in [0.1, 0.15) is 15.9 Å². The smallest absolute Gasteiger partial charge is 0.226 e. The number of Topliss-reactive ketones (excluding diaryl/α,β-unsaturated/α-hetero) is 1. The molecule has 3 rings (SSSR count). The number of aldehydes is 1. The lowest BCUT2D eigenvalue weighted by molar-refractivity contribution is -0.104. The predicted molar refractivity (Wildman–Crippen MR) is 102 cm³/mol. The number of fused-ring (bicyclic) bond motifs is 2. The summed E-state index contributed by atoms with van der Waals surface area (Å²) >= 11 is 0. The second-order valence-electron chi connectivity index (χ2n) is 6.86. The van der Waals surface area contributed by atoms with Crippen molar-refractivity contribution in [3.8, 4) is 11.5 Å². The van der Waals surface area contributed by atoms with E-state index >= 15 is 0 Å². The Kier molecular flexibility index (Phi) is 4.09. The molecule has 0 spiro atoms. The summed E-state index contributed by atoms with van der Waals surface area (Å²) in [6.45, 7) is 6.59. The van der Waals surface area contributed by atoms with Gasteiger partial charge in [0, 0.05) is 11.1 Å². The van der Waals surface area contributed by atoms with Gasteiger partial charge in [0.1, 0.15) is 8.07 Å². The number of hydrogen-bond donors (Lipinski definition) is 0. The van der Waals surface area contributed by atoms with E-state index < -0.39 is 13.9 Å². The molecule has 118 valence electrons. The molecule has 0 aliphatic heterocycles. The molecule has 0 saturated heterocycles. The Bertz CT molecular complexity index is 1030. The lowest BCUT2D eigenvalue weighted by Gasteiger charge is -2.10. The lowest BCUT2D eigenvalue weighted by Crippen LogP contribution is -2.16. The molecule has 0 radical (unpaired) electrons. The molecule has 0 amide bonds. The number of rotatable bonds is 2. The molecular weight excluding hydrogens is 312 g/mol. The fraction of sp³-hybridized carbons (Fsp3) is 0.143. The van der Waals surface area contributed by atoms with Crippen LogP contribution in [0.3, 0.4) is 0 Å². The first kappa shape index (κ1) is 16.2. The quantitative estimate of drug-likeness (QED) is 0.172. The van der Waals surface area contributed by atoms with E-state index in [0.717, 1.165) is 27.1 Å². The van der Waals surface area contributed by atoms with Crippen molar-refractivity contribution in [3.05, 3.63) is 59.7 Å². The normalized spacial score (nSPS) is 11.1. The van der Waals surface area contributed by atoms with E-state index in [-0.39, 0.29) is 0 Å². The number of ketones is 1. The standard InChI is InChI=1S/C21H18O2Si/c1-24(2,3)12-11-15-8-6-10-18-19(15)13-16-7-4-5-9-17(16)21(18)20(23)14-22/h4-10,13-14H,1-3H3. The van der Waals surface area contributed by atoms with E-state index in [1.807, 2.05) is 42.5 Å². The van der Waals surface area contributed by atoms with Crippen LogP contribution in [-0.2, 0) is 4.79 Å². The van der Waals surface area contributed by atoms with E-state index in [2.05, 4.69) is 37.2 Å². The van der Waals surface area contributed by atoms with Crippen molar-refractivity contribution in [2.75, 3.05) is 0 Å². The molecule has 2 nitrogen and oxygen atoms in total. The summed E-state index contributed by atoms with van der Waals surface area (Å²) in [5, 5.41) is 3.45. The molecule has 0 N–H and O–H groups in total. The van der Waals surface area contributed by atoms with Crippen molar-refractivity contribution in [1.29, 1.82) is 0 Å². The van der Waals surface area contributed by atoms with Gasteiger partial charge < -0.3 is 0 Å². The summed E-state index contributed by atoms with van der Waals surface area (Å²) in [7, 11) is -1.51. The Morgan fingerprint density at radius 3 is 2.38 bits per heavy atom. The molecule has 3 aromatic rings. The SMILES string of the molecule is C[Si](C)(C)C#Cc1cccc2c(C(=O)C=O)c3ccccc3cc12. The molecule has 3 heteroatoms. The summed E-state index contributed by atoms with van der Waals surface area (Å²) in [5.74, 6) is 2.80. The van der Waals surface area contributed by atoms with Gasteiger partial charge in [-0.3, -0.25) is 9.59 Å². The molecule has 3 aromatic carbocycles. The first-order valence-electron chi connectivity index (χ1n) is 7.88. The Morgan fingerprint density at radius 2 is 1.67 bits per heavy atom. The van der Waals surface area contributed by atoms with Gasteiger partial charge in [-0.15, -0.1) is 5.54 Å². The minimum Gasteiger partial charge on any atom is -0.294 e. The van der Waals surface area contributed by atoms with Crippen LogP contribution in [0.15, 0.2) is 48.5 Å². The summed E-state index contributed by atoms with van der Waals surface area (Å²) < 4.78 is 0. The average Bonchev–Trinajstić information content (AvgIpc) is 2.56. The van der Waals surface area contributed by atoms with E-state index in [1.54, 1.807) is 0 Å². The molecule has 0 aromatic heterocycles. The van der Waals surface area contributed by atoms with Crippen LogP contribution in [0.25, 0.3) is 21.5 Å². The Balaban J connectivity index is 2.43. The number of carbonyl (C=O) groups is 2. The van der Waals surface area contributed by atoms with Crippen molar-refractivity contribution in [2.24, 2.45) is 0 Å². The van der Waals surface area contributed by atoms with Crippen LogP contribution >= 0.6 is 0 Å². The van der Waals surface area contributed by atoms with Gasteiger partial charge in [0.05, 0.1) is 0 Å². The van der Waals surface area contributed by atoms with Crippen LogP contribution in [0.4, 0.5) is 0 Å². The van der Waals surface area contributed by atoms with Gasteiger partial charge >= 0.3 is 0 Å². The summed E-state index contributed by atoms with van der Waals surface area (Å²) in [6.07, 6.45) is 0.391. The van der Waals surface area contributed by atoms with Gasteiger partial charge in [-0.05, 0) is 33.7 Å².